The number of aromatic nitrogens is 2. The maximum Gasteiger partial charge on any atom is 0.229 e. The van der Waals surface area contributed by atoms with Crippen LogP contribution in [0.4, 0.5) is 23.1 Å². The van der Waals surface area contributed by atoms with E-state index in [0.717, 1.165) is 31.7 Å². The van der Waals surface area contributed by atoms with Gasteiger partial charge < -0.3 is 19.9 Å². The number of fused-ring (bicyclic) bond motifs is 3. The van der Waals surface area contributed by atoms with E-state index in [2.05, 4.69) is 43.7 Å². The van der Waals surface area contributed by atoms with Gasteiger partial charge in [-0.15, -0.1) is 0 Å². The van der Waals surface area contributed by atoms with E-state index in [1.807, 2.05) is 0 Å². The van der Waals surface area contributed by atoms with Gasteiger partial charge in [0.2, 0.25) is 5.95 Å². The first-order valence-electron chi connectivity index (χ1n) is 13.1. The molecule has 7 nitrogen and oxygen atoms in total. The number of anilines is 4. The predicted octanol–water partition coefficient (Wildman–Crippen LogP) is 6.24. The first-order valence-corrected chi connectivity index (χ1v) is 16.5. The van der Waals surface area contributed by atoms with Crippen LogP contribution < -0.4 is 15.9 Å². The topological polar surface area (TPSA) is 79.4 Å². The van der Waals surface area contributed by atoms with Gasteiger partial charge in [0, 0.05) is 34.6 Å². The Balaban J connectivity index is 1.18. The third kappa shape index (κ3) is 5.45. The Morgan fingerprint density at radius 2 is 1.84 bits per heavy atom. The number of rotatable bonds is 6. The highest BCUT2D eigenvalue weighted by Crippen LogP contribution is 2.40. The summed E-state index contributed by atoms with van der Waals surface area (Å²) in [4.78, 5) is 11.7. The number of nitrogens with one attached hydrogen (secondary N) is 2. The van der Waals surface area contributed by atoms with Crippen molar-refractivity contribution in [3.05, 3.63) is 63.8 Å². The standard InChI is InChI=1S/C28H32Cl2N5O2P/c1-38(2,36)26-12-19(29)6-10-25(26)33-27-24(30)14-31-28(34-27)32-20-7-3-17-4-8-21(9-5-18(17)11-20)35-15-23-13-22(35)16-37-23/h3,6-7,10-12,14,21-23H,4-5,8-9,13,15-16H2,1-2H3,(H2,31,32,33,34)/t21?,22-,23-/m1/s1. The van der Waals surface area contributed by atoms with Gasteiger partial charge in [-0.3, -0.25) is 4.90 Å². The summed E-state index contributed by atoms with van der Waals surface area (Å²) in [7, 11) is -2.59. The van der Waals surface area contributed by atoms with E-state index in [0.29, 0.717) is 51.0 Å². The zero-order valence-corrected chi connectivity index (χ0v) is 24.0. The molecule has 10 heteroatoms. The summed E-state index contributed by atoms with van der Waals surface area (Å²) < 4.78 is 18.7. The van der Waals surface area contributed by atoms with E-state index in [1.54, 1.807) is 37.7 Å². The first-order chi connectivity index (χ1) is 18.2. The van der Waals surface area contributed by atoms with Crippen molar-refractivity contribution < 1.29 is 9.30 Å². The summed E-state index contributed by atoms with van der Waals surface area (Å²) in [6.07, 6.45) is 7.74. The highest BCUT2D eigenvalue weighted by Gasteiger charge is 2.42. The molecule has 0 spiro atoms. The van der Waals surface area contributed by atoms with E-state index in [-0.39, 0.29) is 0 Å². The van der Waals surface area contributed by atoms with E-state index in [4.69, 9.17) is 27.9 Å². The molecule has 3 aromatic rings. The molecular formula is C28H32Cl2N5O2P. The Hall–Kier alpha value is -2.15. The van der Waals surface area contributed by atoms with Crippen molar-refractivity contribution in [2.75, 3.05) is 37.1 Å². The first kappa shape index (κ1) is 26.1. The number of benzene rings is 2. The summed E-state index contributed by atoms with van der Waals surface area (Å²) in [5, 5.41) is 8.12. The molecule has 200 valence electrons. The Kier molecular flexibility index (Phi) is 7.17. The molecular weight excluding hydrogens is 540 g/mol. The van der Waals surface area contributed by atoms with Crippen LogP contribution in [0.3, 0.4) is 0 Å². The number of aryl methyl sites for hydroxylation is 2. The molecule has 3 aliphatic rings. The molecule has 2 fully saturated rings. The van der Waals surface area contributed by atoms with E-state index >= 15 is 0 Å². The molecule has 2 N–H and O–H groups in total. The highest BCUT2D eigenvalue weighted by molar-refractivity contribution is 7.70. The average molecular weight is 572 g/mol. The quantitative estimate of drug-likeness (QED) is 0.268. The summed E-state index contributed by atoms with van der Waals surface area (Å²) in [6, 6.07) is 13.1. The lowest BCUT2D eigenvalue weighted by atomic mass is 10.0. The van der Waals surface area contributed by atoms with Crippen LogP contribution in [0.1, 0.15) is 30.4 Å². The van der Waals surface area contributed by atoms with Crippen LogP contribution in [0.15, 0.2) is 42.6 Å². The van der Waals surface area contributed by atoms with Crippen LogP contribution in [0.5, 0.6) is 0 Å². The third-order valence-corrected chi connectivity index (χ3v) is 9.95. The van der Waals surface area contributed by atoms with Crippen molar-refractivity contribution in [1.82, 2.24) is 14.9 Å². The lowest BCUT2D eigenvalue weighted by Crippen LogP contribution is -2.44. The molecule has 1 unspecified atom stereocenters. The predicted molar refractivity (Wildman–Crippen MR) is 156 cm³/mol. The van der Waals surface area contributed by atoms with Gasteiger partial charge in [-0.1, -0.05) is 29.3 Å². The number of ether oxygens (including phenoxy) is 1. The molecule has 6 rings (SSSR count). The molecule has 3 heterocycles. The van der Waals surface area contributed by atoms with Crippen molar-refractivity contribution in [1.29, 1.82) is 0 Å². The molecule has 2 aromatic carbocycles. The minimum atomic E-state index is -2.59. The van der Waals surface area contributed by atoms with Crippen LogP contribution in [0, 0.1) is 0 Å². The molecule has 0 amide bonds. The minimum Gasteiger partial charge on any atom is -0.375 e. The van der Waals surface area contributed by atoms with Crippen molar-refractivity contribution in [2.45, 2.75) is 50.3 Å². The SMILES string of the molecule is CP(C)(=O)c1cc(Cl)ccc1Nc1nc(Nc2ccc3c(c2)CCC(N2C[C@H]4C[C@@H]2CO4)CC3)ncc1Cl. The smallest absolute Gasteiger partial charge is 0.229 e. The second kappa shape index (κ2) is 10.4. The van der Waals surface area contributed by atoms with Gasteiger partial charge >= 0.3 is 0 Å². The molecule has 0 saturated carbocycles. The van der Waals surface area contributed by atoms with Crippen molar-refractivity contribution in [3.63, 3.8) is 0 Å². The number of halogens is 2. The molecule has 1 aliphatic carbocycles. The minimum absolute atomic E-state index is 0.368. The van der Waals surface area contributed by atoms with Gasteiger partial charge in [0.05, 0.1) is 24.6 Å². The average Bonchev–Trinajstić information content (AvgIpc) is 3.45. The van der Waals surface area contributed by atoms with Gasteiger partial charge in [0.25, 0.3) is 0 Å². The summed E-state index contributed by atoms with van der Waals surface area (Å²) in [5.41, 5.74) is 4.42. The van der Waals surface area contributed by atoms with Gasteiger partial charge in [-0.2, -0.15) is 4.98 Å². The molecule has 38 heavy (non-hydrogen) atoms. The third-order valence-electron chi connectivity index (χ3n) is 7.91. The Morgan fingerprint density at radius 3 is 2.58 bits per heavy atom. The molecule has 2 aliphatic heterocycles. The molecule has 0 radical (unpaired) electrons. The zero-order valence-electron chi connectivity index (χ0n) is 21.6. The normalized spacial score (nSPS) is 23.2. The van der Waals surface area contributed by atoms with Crippen LogP contribution in [-0.2, 0) is 22.1 Å². The van der Waals surface area contributed by atoms with Crippen LogP contribution in [-0.4, -0.2) is 59.5 Å². The maximum atomic E-state index is 12.9. The number of likely N-dealkylation sites (tertiary alicyclic amines) is 1. The number of hydrogen-bond acceptors (Lipinski definition) is 7. The van der Waals surface area contributed by atoms with E-state index < -0.39 is 7.14 Å². The molecule has 2 bridgehead atoms. The second-order valence-corrected chi connectivity index (χ2v) is 14.9. The number of hydrogen-bond donors (Lipinski definition) is 2. The van der Waals surface area contributed by atoms with Crippen molar-refractivity contribution >= 4 is 58.8 Å². The summed E-state index contributed by atoms with van der Waals surface area (Å²) in [5.74, 6) is 0.866. The maximum absolute atomic E-state index is 12.9. The molecule has 2 saturated heterocycles. The fraction of sp³-hybridized carbons (Fsp3) is 0.429. The van der Waals surface area contributed by atoms with Crippen LogP contribution in [0.25, 0.3) is 0 Å². The largest absolute Gasteiger partial charge is 0.375 e. The molecule has 3 atom stereocenters. The Bertz CT molecular complexity index is 1410. The highest BCUT2D eigenvalue weighted by atomic mass is 35.5. The van der Waals surface area contributed by atoms with E-state index in [9.17, 15) is 4.57 Å². The van der Waals surface area contributed by atoms with Gasteiger partial charge in [-0.25, -0.2) is 4.98 Å². The lowest BCUT2D eigenvalue weighted by Gasteiger charge is -2.34. The summed E-state index contributed by atoms with van der Waals surface area (Å²) in [6.45, 7) is 5.41. The van der Waals surface area contributed by atoms with Crippen LogP contribution >= 0.6 is 30.3 Å². The van der Waals surface area contributed by atoms with Crippen molar-refractivity contribution in [3.8, 4) is 0 Å². The lowest BCUT2D eigenvalue weighted by molar-refractivity contribution is 0.00854. The Labute approximate surface area is 233 Å². The fourth-order valence-electron chi connectivity index (χ4n) is 6.00. The molecule has 1 aromatic heterocycles. The van der Waals surface area contributed by atoms with Crippen molar-refractivity contribution in [2.24, 2.45) is 0 Å². The number of morpholine rings is 1. The van der Waals surface area contributed by atoms with Gasteiger partial charge in [-0.05, 0) is 86.9 Å². The van der Waals surface area contributed by atoms with Gasteiger partial charge in [0.1, 0.15) is 12.2 Å². The summed E-state index contributed by atoms with van der Waals surface area (Å²) >= 11 is 12.6. The van der Waals surface area contributed by atoms with E-state index in [1.165, 1.54) is 30.4 Å². The number of nitrogens with zero attached hydrogens (tertiary/aromatic N) is 3. The van der Waals surface area contributed by atoms with Crippen LogP contribution in [0.2, 0.25) is 10.0 Å². The zero-order chi connectivity index (χ0) is 26.4. The monoisotopic (exact) mass is 571 g/mol. The second-order valence-electron chi connectivity index (χ2n) is 10.9. The van der Waals surface area contributed by atoms with Gasteiger partial charge in [0.15, 0.2) is 5.82 Å². The Morgan fingerprint density at radius 1 is 1.03 bits per heavy atom. The fourth-order valence-corrected chi connectivity index (χ4v) is 7.55.